The summed E-state index contributed by atoms with van der Waals surface area (Å²) < 4.78 is 10.9. The van der Waals surface area contributed by atoms with Gasteiger partial charge < -0.3 is 9.47 Å². The topological polar surface area (TPSA) is 21.8 Å². The van der Waals surface area contributed by atoms with Gasteiger partial charge in [-0.3, -0.25) is 0 Å². The number of rotatable bonds is 14. The number of allylic oxidation sites excluding steroid dienone is 1. The van der Waals surface area contributed by atoms with Crippen LogP contribution in [0.2, 0.25) is 0 Å². The third kappa shape index (κ3) is 9.12. The minimum Gasteiger partial charge on any atom is -0.491 e. The van der Waals surface area contributed by atoms with Gasteiger partial charge in [0.25, 0.3) is 0 Å². The Bertz CT molecular complexity index is 463. The van der Waals surface area contributed by atoms with Crippen LogP contribution in [0.5, 0.6) is 5.75 Å². The van der Waals surface area contributed by atoms with E-state index in [4.69, 9.17) is 9.47 Å². The van der Waals surface area contributed by atoms with Crippen molar-refractivity contribution in [2.75, 3.05) is 13.2 Å². The molecule has 1 aliphatic rings. The lowest BCUT2D eigenvalue weighted by atomic mass is 10.1. The average Bonchev–Trinajstić information content (AvgIpc) is 3.43. The molecule has 0 spiro atoms. The first-order valence-electron chi connectivity index (χ1n) is 9.89. The fraction of sp³-hybridized carbons (Fsp3) is 0.636. The van der Waals surface area contributed by atoms with Gasteiger partial charge >= 0.3 is 0 Å². The molecule has 1 saturated heterocycles. The molecule has 0 bridgehead atoms. The summed E-state index contributed by atoms with van der Waals surface area (Å²) in [6.07, 6.45) is 18.5. The van der Waals surface area contributed by atoms with Crippen molar-refractivity contribution in [2.24, 2.45) is 0 Å². The highest BCUT2D eigenvalue weighted by Crippen LogP contribution is 2.18. The molecule has 24 heavy (non-hydrogen) atoms. The monoisotopic (exact) mass is 330 g/mol. The Morgan fingerprint density at radius 3 is 2.46 bits per heavy atom. The molecule has 1 unspecified atom stereocenters. The van der Waals surface area contributed by atoms with E-state index in [1.807, 2.05) is 6.07 Å². The van der Waals surface area contributed by atoms with Crippen LogP contribution in [0.1, 0.15) is 76.7 Å². The van der Waals surface area contributed by atoms with Gasteiger partial charge in [0.2, 0.25) is 0 Å². The predicted octanol–water partition coefficient (Wildman–Crippen LogP) is 6.40. The number of epoxide rings is 1. The van der Waals surface area contributed by atoms with Gasteiger partial charge in [0.05, 0.1) is 6.61 Å². The van der Waals surface area contributed by atoms with Gasteiger partial charge in [0, 0.05) is 0 Å². The first-order chi connectivity index (χ1) is 11.9. The highest BCUT2D eigenvalue weighted by Gasteiger charge is 2.22. The van der Waals surface area contributed by atoms with Crippen molar-refractivity contribution in [3.8, 4) is 5.75 Å². The Morgan fingerprint density at radius 1 is 1.04 bits per heavy atom. The molecule has 1 atom stereocenters. The molecule has 0 saturated carbocycles. The van der Waals surface area contributed by atoms with E-state index < -0.39 is 0 Å². The van der Waals surface area contributed by atoms with Crippen LogP contribution in [0.4, 0.5) is 0 Å². The van der Waals surface area contributed by atoms with Gasteiger partial charge in [0.1, 0.15) is 18.5 Å². The lowest BCUT2D eigenvalue weighted by molar-refractivity contribution is 0.263. The molecule has 2 rings (SSSR count). The first kappa shape index (κ1) is 19.1. The van der Waals surface area contributed by atoms with Crippen LogP contribution in [0.15, 0.2) is 30.3 Å². The number of ether oxygens (including phenoxy) is 2. The smallest absolute Gasteiger partial charge is 0.120 e. The van der Waals surface area contributed by atoms with E-state index in [2.05, 4.69) is 37.3 Å². The maximum absolute atomic E-state index is 5.72. The molecule has 0 aliphatic carbocycles. The lowest BCUT2D eigenvalue weighted by Gasteiger charge is -2.04. The van der Waals surface area contributed by atoms with E-state index in [0.29, 0.717) is 12.7 Å². The summed E-state index contributed by atoms with van der Waals surface area (Å²) in [5, 5.41) is 0. The van der Waals surface area contributed by atoms with E-state index in [0.717, 1.165) is 12.4 Å². The zero-order valence-electron chi connectivity index (χ0n) is 15.3. The van der Waals surface area contributed by atoms with Crippen molar-refractivity contribution in [1.29, 1.82) is 0 Å². The van der Waals surface area contributed by atoms with Crippen molar-refractivity contribution in [2.45, 2.75) is 77.2 Å². The average molecular weight is 331 g/mol. The fourth-order valence-electron chi connectivity index (χ4n) is 2.85. The van der Waals surface area contributed by atoms with Gasteiger partial charge in [-0.2, -0.15) is 0 Å². The Morgan fingerprint density at radius 2 is 1.75 bits per heavy atom. The van der Waals surface area contributed by atoms with Gasteiger partial charge in [-0.1, -0.05) is 82.6 Å². The number of unbranched alkanes of at least 4 members (excludes halogenated alkanes) is 9. The number of hydrogen-bond acceptors (Lipinski definition) is 2. The van der Waals surface area contributed by atoms with Crippen LogP contribution in [-0.4, -0.2) is 19.3 Å². The molecule has 1 heterocycles. The molecular weight excluding hydrogens is 296 g/mol. The molecule has 1 aromatic carbocycles. The van der Waals surface area contributed by atoms with E-state index >= 15 is 0 Å². The maximum atomic E-state index is 5.72. The normalized spacial score (nSPS) is 16.6. The van der Waals surface area contributed by atoms with Crippen molar-refractivity contribution in [3.63, 3.8) is 0 Å². The largest absolute Gasteiger partial charge is 0.491 e. The fourth-order valence-corrected chi connectivity index (χ4v) is 2.85. The van der Waals surface area contributed by atoms with E-state index in [1.54, 1.807) is 0 Å². The zero-order chi connectivity index (χ0) is 16.9. The Hall–Kier alpha value is -1.28. The molecule has 0 N–H and O–H groups in total. The standard InChI is InChI=1S/C22H34O2/c1-2-3-4-5-6-7-8-9-10-11-12-14-20-15-13-16-21(17-20)23-18-22-19-24-22/h12-17,22H,2-11,18-19H2,1H3/b14-12+. The van der Waals surface area contributed by atoms with E-state index in [1.165, 1.54) is 69.8 Å². The van der Waals surface area contributed by atoms with Crippen molar-refractivity contribution >= 4 is 6.08 Å². The number of benzene rings is 1. The highest BCUT2D eigenvalue weighted by molar-refractivity contribution is 5.51. The molecule has 2 heteroatoms. The van der Waals surface area contributed by atoms with Gasteiger partial charge in [0.15, 0.2) is 0 Å². The lowest BCUT2D eigenvalue weighted by Crippen LogP contribution is -2.03. The van der Waals surface area contributed by atoms with Crippen molar-refractivity contribution < 1.29 is 9.47 Å². The molecular formula is C22H34O2. The van der Waals surface area contributed by atoms with Crippen LogP contribution in [-0.2, 0) is 4.74 Å². The highest BCUT2D eigenvalue weighted by atomic mass is 16.6. The molecule has 1 aromatic rings. The number of hydrogen-bond donors (Lipinski definition) is 0. The summed E-state index contributed by atoms with van der Waals surface area (Å²) in [6, 6.07) is 8.31. The van der Waals surface area contributed by atoms with Crippen molar-refractivity contribution in [3.05, 3.63) is 35.9 Å². The minimum atomic E-state index is 0.316. The zero-order valence-corrected chi connectivity index (χ0v) is 15.3. The summed E-state index contributed by atoms with van der Waals surface area (Å²) in [6.45, 7) is 3.80. The van der Waals surface area contributed by atoms with Crippen LogP contribution in [0, 0.1) is 0 Å². The van der Waals surface area contributed by atoms with Crippen LogP contribution >= 0.6 is 0 Å². The second-order valence-electron chi connectivity index (χ2n) is 6.86. The van der Waals surface area contributed by atoms with Crippen molar-refractivity contribution in [1.82, 2.24) is 0 Å². The Balaban J connectivity index is 1.49. The summed E-state index contributed by atoms with van der Waals surface area (Å²) in [7, 11) is 0. The SMILES string of the molecule is CCCCCCCCCCC/C=C/c1cccc(OCC2CO2)c1. The molecule has 1 aliphatic heterocycles. The van der Waals surface area contributed by atoms with Crippen LogP contribution in [0.25, 0.3) is 6.08 Å². The molecule has 2 nitrogen and oxygen atoms in total. The van der Waals surface area contributed by atoms with Gasteiger partial charge in [-0.25, -0.2) is 0 Å². The second-order valence-corrected chi connectivity index (χ2v) is 6.86. The van der Waals surface area contributed by atoms with E-state index in [-0.39, 0.29) is 0 Å². The molecule has 0 amide bonds. The molecule has 1 fully saturated rings. The Labute approximate surface area is 148 Å². The Kier molecular flexibility index (Phi) is 9.63. The van der Waals surface area contributed by atoms with Crippen LogP contribution < -0.4 is 4.74 Å². The minimum absolute atomic E-state index is 0.316. The van der Waals surface area contributed by atoms with Gasteiger partial charge in [-0.05, 0) is 30.5 Å². The third-order valence-electron chi connectivity index (χ3n) is 4.48. The van der Waals surface area contributed by atoms with E-state index in [9.17, 15) is 0 Å². The summed E-state index contributed by atoms with van der Waals surface area (Å²) >= 11 is 0. The maximum Gasteiger partial charge on any atom is 0.120 e. The first-order valence-corrected chi connectivity index (χ1v) is 9.89. The quantitative estimate of drug-likeness (QED) is 0.291. The van der Waals surface area contributed by atoms with Gasteiger partial charge in [-0.15, -0.1) is 0 Å². The third-order valence-corrected chi connectivity index (χ3v) is 4.48. The van der Waals surface area contributed by atoms with Crippen LogP contribution in [0.3, 0.4) is 0 Å². The predicted molar refractivity (Wildman–Crippen MR) is 103 cm³/mol. The summed E-state index contributed by atoms with van der Waals surface area (Å²) in [4.78, 5) is 0. The second kappa shape index (κ2) is 12.1. The summed E-state index contributed by atoms with van der Waals surface area (Å²) in [5.41, 5.74) is 1.22. The molecule has 134 valence electrons. The molecule has 0 aromatic heterocycles. The summed E-state index contributed by atoms with van der Waals surface area (Å²) in [5.74, 6) is 0.940. The molecule has 0 radical (unpaired) electrons.